The number of nitrogens with zero attached hydrogens (tertiary/aromatic N) is 3. The smallest absolute Gasteiger partial charge is 0.424 e. The second kappa shape index (κ2) is 9.52. The molecule has 0 spiro atoms. The molecule has 1 unspecified atom stereocenters. The molecule has 0 fully saturated rings. The Hall–Kier alpha value is -4.55. The fourth-order valence-corrected chi connectivity index (χ4v) is 3.31. The summed E-state index contributed by atoms with van der Waals surface area (Å²) < 4.78 is 42.7. The molecule has 178 valence electrons. The zero-order valence-electron chi connectivity index (χ0n) is 18.0. The number of methoxy groups -OCH3 is 2. The first-order valence-electron chi connectivity index (χ1n) is 9.45. The van der Waals surface area contributed by atoms with Crippen LogP contribution in [0.4, 0.5) is 24.1 Å². The Balaban J connectivity index is 2.13. The van der Waals surface area contributed by atoms with E-state index >= 15 is 0 Å². The monoisotopic (exact) mass is 477 g/mol. The van der Waals surface area contributed by atoms with Crippen LogP contribution < -0.4 is 4.74 Å². The molecule has 0 aromatic heterocycles. The van der Waals surface area contributed by atoms with Crippen LogP contribution in [0.1, 0.15) is 11.6 Å². The number of nitro groups is 1. The number of hydrogen-bond donors (Lipinski definition) is 0. The molecule has 2 aromatic carbocycles. The van der Waals surface area contributed by atoms with Gasteiger partial charge >= 0.3 is 18.1 Å². The third-order valence-corrected chi connectivity index (χ3v) is 4.87. The number of carbonyl (C=O) groups excluding carboxylic acids is 3. The standard InChI is InChI=1S/C21H17F2N3O8/c1-24-18(32-2)16(19(27)33-3)17(11-4-9-14(22)15(23)10-11)25(20(24)28)21(29)34-13-7-5-12(6-8-13)26(30)31/h4-10,17H,1-3H3. The highest BCUT2D eigenvalue weighted by molar-refractivity contribution is 6.00. The van der Waals surface area contributed by atoms with Crippen LogP contribution in [-0.4, -0.2) is 54.1 Å². The van der Waals surface area contributed by atoms with Crippen molar-refractivity contribution >= 4 is 23.8 Å². The highest BCUT2D eigenvalue weighted by Crippen LogP contribution is 2.38. The zero-order chi connectivity index (χ0) is 25.2. The molecular weight excluding hydrogens is 460 g/mol. The predicted octanol–water partition coefficient (Wildman–Crippen LogP) is 3.51. The van der Waals surface area contributed by atoms with Crippen molar-refractivity contribution in [2.75, 3.05) is 21.3 Å². The van der Waals surface area contributed by atoms with Crippen LogP contribution in [0.5, 0.6) is 5.75 Å². The third-order valence-electron chi connectivity index (χ3n) is 4.87. The Morgan fingerprint density at radius 1 is 1.06 bits per heavy atom. The van der Waals surface area contributed by atoms with E-state index in [1.54, 1.807) is 0 Å². The molecule has 3 amide bonds. The van der Waals surface area contributed by atoms with Crippen LogP contribution in [0.15, 0.2) is 53.9 Å². The number of esters is 1. The molecule has 0 saturated heterocycles. The highest BCUT2D eigenvalue weighted by atomic mass is 19.2. The van der Waals surface area contributed by atoms with Crippen LogP contribution >= 0.6 is 0 Å². The molecule has 0 aliphatic carbocycles. The molecule has 3 rings (SSSR count). The molecule has 1 aliphatic heterocycles. The van der Waals surface area contributed by atoms with Crippen LogP contribution in [0.3, 0.4) is 0 Å². The number of hydrogen-bond acceptors (Lipinski definition) is 8. The third kappa shape index (κ3) is 4.35. The van der Waals surface area contributed by atoms with Gasteiger partial charge < -0.3 is 14.2 Å². The van der Waals surface area contributed by atoms with E-state index in [0.717, 1.165) is 55.5 Å². The fourth-order valence-electron chi connectivity index (χ4n) is 3.31. The molecule has 0 radical (unpaired) electrons. The Morgan fingerprint density at radius 2 is 1.71 bits per heavy atom. The first kappa shape index (κ1) is 24.1. The quantitative estimate of drug-likeness (QED) is 0.364. The summed E-state index contributed by atoms with van der Waals surface area (Å²) in [6, 6.07) is 4.29. The van der Waals surface area contributed by atoms with Gasteiger partial charge in [-0.1, -0.05) is 6.07 Å². The maximum Gasteiger partial charge on any atom is 0.424 e. The van der Waals surface area contributed by atoms with Gasteiger partial charge in [0.15, 0.2) is 11.6 Å². The molecular formula is C21H17F2N3O8. The van der Waals surface area contributed by atoms with Crippen molar-refractivity contribution in [1.82, 2.24) is 9.80 Å². The average molecular weight is 477 g/mol. The van der Waals surface area contributed by atoms with E-state index in [9.17, 15) is 33.3 Å². The second-order valence-corrected chi connectivity index (χ2v) is 6.82. The van der Waals surface area contributed by atoms with E-state index in [1.165, 1.54) is 7.05 Å². The molecule has 1 aliphatic rings. The fraction of sp³-hybridized carbons (Fsp3) is 0.190. The normalized spacial score (nSPS) is 15.8. The lowest BCUT2D eigenvalue weighted by molar-refractivity contribution is -0.384. The number of non-ortho nitro benzene ring substituents is 1. The van der Waals surface area contributed by atoms with Crippen LogP contribution in [-0.2, 0) is 14.3 Å². The van der Waals surface area contributed by atoms with Gasteiger partial charge in [0.1, 0.15) is 17.4 Å². The van der Waals surface area contributed by atoms with Crippen LogP contribution in [0.25, 0.3) is 0 Å². The van der Waals surface area contributed by atoms with Gasteiger partial charge in [-0.2, -0.15) is 0 Å². The van der Waals surface area contributed by atoms with Gasteiger partial charge in [-0.25, -0.2) is 28.1 Å². The average Bonchev–Trinajstić information content (AvgIpc) is 2.81. The van der Waals surface area contributed by atoms with Crippen molar-refractivity contribution in [3.63, 3.8) is 0 Å². The first-order chi connectivity index (χ1) is 16.1. The maximum atomic E-state index is 14.1. The molecule has 34 heavy (non-hydrogen) atoms. The zero-order valence-corrected chi connectivity index (χ0v) is 18.0. The van der Waals surface area contributed by atoms with E-state index in [-0.39, 0.29) is 28.5 Å². The summed E-state index contributed by atoms with van der Waals surface area (Å²) in [4.78, 5) is 50.3. The van der Waals surface area contributed by atoms with Crippen molar-refractivity contribution < 1.29 is 42.3 Å². The number of nitro benzene ring substituents is 1. The molecule has 1 atom stereocenters. The molecule has 0 N–H and O–H groups in total. The van der Waals surface area contributed by atoms with E-state index in [0.29, 0.717) is 11.0 Å². The van der Waals surface area contributed by atoms with Gasteiger partial charge in [0.2, 0.25) is 5.88 Å². The summed E-state index contributed by atoms with van der Waals surface area (Å²) in [5.74, 6) is -3.95. The Morgan fingerprint density at radius 3 is 2.24 bits per heavy atom. The summed E-state index contributed by atoms with van der Waals surface area (Å²) in [6.45, 7) is 0. The number of amides is 3. The Kier molecular flexibility index (Phi) is 6.75. The molecule has 0 bridgehead atoms. The number of halogens is 2. The van der Waals surface area contributed by atoms with E-state index in [1.807, 2.05) is 0 Å². The minimum atomic E-state index is -1.62. The molecule has 1 heterocycles. The molecule has 2 aromatic rings. The van der Waals surface area contributed by atoms with Gasteiger partial charge in [0, 0.05) is 19.2 Å². The van der Waals surface area contributed by atoms with Gasteiger partial charge in [0.25, 0.3) is 5.69 Å². The lowest BCUT2D eigenvalue weighted by Gasteiger charge is -2.39. The van der Waals surface area contributed by atoms with Gasteiger partial charge in [-0.3, -0.25) is 15.0 Å². The van der Waals surface area contributed by atoms with Crippen LogP contribution in [0, 0.1) is 21.7 Å². The molecule has 11 nitrogen and oxygen atoms in total. The van der Waals surface area contributed by atoms with Crippen LogP contribution in [0.2, 0.25) is 0 Å². The lowest BCUT2D eigenvalue weighted by Crippen LogP contribution is -2.53. The van der Waals surface area contributed by atoms with Crippen molar-refractivity contribution in [2.24, 2.45) is 0 Å². The van der Waals surface area contributed by atoms with Gasteiger partial charge in [-0.15, -0.1) is 0 Å². The lowest BCUT2D eigenvalue weighted by atomic mass is 9.95. The van der Waals surface area contributed by atoms with E-state index in [2.05, 4.69) is 0 Å². The number of rotatable bonds is 5. The maximum absolute atomic E-state index is 14.1. The predicted molar refractivity (Wildman–Crippen MR) is 109 cm³/mol. The minimum absolute atomic E-state index is 0.156. The Labute approximate surface area is 190 Å². The summed E-state index contributed by atoms with van der Waals surface area (Å²) in [7, 11) is 3.41. The number of urea groups is 1. The SMILES string of the molecule is COC(=O)C1=C(OC)N(C)C(=O)N(C(=O)Oc2ccc([N+](=O)[O-])cc2)C1c1ccc(F)c(F)c1. The molecule has 13 heteroatoms. The summed E-state index contributed by atoms with van der Waals surface area (Å²) in [5, 5.41) is 10.8. The second-order valence-electron chi connectivity index (χ2n) is 6.82. The van der Waals surface area contributed by atoms with E-state index < -0.39 is 40.7 Å². The summed E-state index contributed by atoms with van der Waals surface area (Å²) in [6.07, 6.45) is -1.31. The van der Waals surface area contributed by atoms with Gasteiger partial charge in [-0.05, 0) is 29.8 Å². The van der Waals surface area contributed by atoms with Crippen molar-refractivity contribution in [1.29, 1.82) is 0 Å². The van der Waals surface area contributed by atoms with Crippen molar-refractivity contribution in [3.05, 3.63) is 81.2 Å². The highest BCUT2D eigenvalue weighted by Gasteiger charge is 2.47. The summed E-state index contributed by atoms with van der Waals surface area (Å²) >= 11 is 0. The minimum Gasteiger partial charge on any atom is -0.482 e. The largest absolute Gasteiger partial charge is 0.482 e. The van der Waals surface area contributed by atoms with Crippen molar-refractivity contribution in [2.45, 2.75) is 6.04 Å². The number of benzene rings is 2. The van der Waals surface area contributed by atoms with E-state index in [4.69, 9.17) is 14.2 Å². The van der Waals surface area contributed by atoms with Gasteiger partial charge in [0.05, 0.1) is 19.1 Å². The topological polar surface area (TPSA) is 129 Å². The summed E-state index contributed by atoms with van der Waals surface area (Å²) in [5.41, 5.74) is -0.788. The Bertz CT molecular complexity index is 1200. The number of ether oxygens (including phenoxy) is 3. The van der Waals surface area contributed by atoms with Crippen molar-refractivity contribution in [3.8, 4) is 5.75 Å². The molecule has 0 saturated carbocycles. The first-order valence-corrected chi connectivity index (χ1v) is 9.45. The number of carbonyl (C=O) groups is 3. The number of imide groups is 1.